The summed E-state index contributed by atoms with van der Waals surface area (Å²) in [4.78, 5) is 0. The monoisotopic (exact) mass is 358 g/mol. The summed E-state index contributed by atoms with van der Waals surface area (Å²) in [5.41, 5.74) is 0. The van der Waals surface area contributed by atoms with E-state index in [0.717, 1.165) is 0 Å². The van der Waals surface area contributed by atoms with Crippen molar-refractivity contribution in [3.05, 3.63) is 0 Å². The van der Waals surface area contributed by atoms with Crippen LogP contribution in [0.3, 0.4) is 0 Å². The predicted octanol–water partition coefficient (Wildman–Crippen LogP) is 3.21. The molecule has 0 aromatic rings. The minimum Gasteiger partial charge on any atom is -0.153 e. The van der Waals surface area contributed by atoms with Gasteiger partial charge in [0.05, 0.1) is 5.34 Å². The highest BCUT2D eigenvalue weighted by molar-refractivity contribution is 8.93. The van der Waals surface area contributed by atoms with Crippen LogP contribution in [0, 0.1) is 0 Å². The molecule has 0 N–H and O–H groups in total. The number of hydrogen-bond donors (Lipinski definition) is 0. The molecule has 0 rings (SSSR count). The van der Waals surface area contributed by atoms with E-state index in [1.54, 1.807) is 0 Å². The highest BCUT2D eigenvalue weighted by atomic mass is 79.9. The summed E-state index contributed by atoms with van der Waals surface area (Å²) in [5, 5.41) is 0.194. The Morgan fingerprint density at radius 3 is 0.857 bits per heavy atom. The Bertz CT molecular complexity index is 12.9. The second-order valence-electron chi connectivity index (χ2n) is 0.101. The molecule has 6 heteroatoms. The second-order valence-corrected chi connectivity index (χ2v) is 0.909. The fourth-order valence-corrected chi connectivity index (χ4v) is 0. The normalized spacial score (nSPS) is 2.57. The maximum Gasteiger partial charge on any atom is 0.0967 e. The quantitative estimate of drug-likeness (QED) is 0.459. The zero-order valence-corrected chi connectivity index (χ0v) is 11.5. The van der Waals surface area contributed by atoms with Gasteiger partial charge in [0.25, 0.3) is 0 Å². The van der Waals surface area contributed by atoms with Gasteiger partial charge in [-0.05, 0) is 0 Å². The molecular formula is CH8Br3Cl2P. The van der Waals surface area contributed by atoms with Crippen LogP contribution in [-0.4, -0.2) is 5.34 Å². The zero-order chi connectivity index (χ0) is 2.71. The molecule has 0 radical (unpaired) electrons. The Morgan fingerprint density at radius 1 is 0.857 bits per heavy atom. The number of hydrogen-bond acceptors (Lipinski definition) is 0. The SMILES string of the molecule is Br.Br.Br.ClCCl.P. The van der Waals surface area contributed by atoms with Crippen LogP contribution in [0.25, 0.3) is 0 Å². The number of rotatable bonds is 0. The van der Waals surface area contributed by atoms with Gasteiger partial charge in [0.15, 0.2) is 0 Å². The maximum atomic E-state index is 4.76. The number of alkyl halides is 2. The minimum atomic E-state index is 0. The van der Waals surface area contributed by atoms with Crippen molar-refractivity contribution in [3.8, 4) is 0 Å². The van der Waals surface area contributed by atoms with Gasteiger partial charge in [-0.15, -0.1) is 74.1 Å². The van der Waals surface area contributed by atoms with Gasteiger partial charge in [-0.25, -0.2) is 0 Å². The van der Waals surface area contributed by atoms with Gasteiger partial charge in [-0.1, -0.05) is 0 Å². The summed E-state index contributed by atoms with van der Waals surface area (Å²) in [6, 6.07) is 0. The standard InChI is InChI=1S/CH2Cl2.3BrH.H3P/c2-1-3;;;;/h1H2;3*1H;1H3. The van der Waals surface area contributed by atoms with Crippen LogP contribution in [0.15, 0.2) is 0 Å². The molecule has 1 unspecified atom stereocenters. The molecule has 0 saturated carbocycles. The van der Waals surface area contributed by atoms with E-state index in [1.807, 2.05) is 0 Å². The van der Waals surface area contributed by atoms with Crippen molar-refractivity contribution in [1.82, 2.24) is 0 Å². The van der Waals surface area contributed by atoms with E-state index in [-0.39, 0.29) is 66.2 Å². The first-order valence-corrected chi connectivity index (χ1v) is 1.60. The lowest BCUT2D eigenvalue weighted by Gasteiger charge is -1.42. The molecule has 0 aliphatic heterocycles. The Labute approximate surface area is 88.6 Å². The molecule has 0 spiro atoms. The van der Waals surface area contributed by atoms with E-state index in [0.29, 0.717) is 0 Å². The third kappa shape index (κ3) is 58.6. The summed E-state index contributed by atoms with van der Waals surface area (Å²) in [5.74, 6) is 0. The van der Waals surface area contributed by atoms with Crippen molar-refractivity contribution in [1.29, 1.82) is 0 Å². The highest BCUT2D eigenvalue weighted by Crippen LogP contribution is 1.73. The van der Waals surface area contributed by atoms with Gasteiger partial charge in [0, 0.05) is 0 Å². The zero-order valence-electron chi connectivity index (χ0n) is 3.39. The molecule has 0 fully saturated rings. The van der Waals surface area contributed by atoms with Crippen LogP contribution in [0.5, 0.6) is 0 Å². The molecule has 1 atom stereocenters. The largest absolute Gasteiger partial charge is 0.153 e. The molecule has 0 heterocycles. The van der Waals surface area contributed by atoms with Crippen molar-refractivity contribution >= 4 is 84.0 Å². The van der Waals surface area contributed by atoms with Crippen LogP contribution in [0.2, 0.25) is 0 Å². The maximum absolute atomic E-state index is 4.76. The predicted molar refractivity (Wildman–Crippen MR) is 58.6 cm³/mol. The van der Waals surface area contributed by atoms with E-state index in [1.165, 1.54) is 0 Å². The Hall–Kier alpha value is 2.45. The summed E-state index contributed by atoms with van der Waals surface area (Å²) < 4.78 is 0. The molecule has 0 amide bonds. The van der Waals surface area contributed by atoms with E-state index >= 15 is 0 Å². The Balaban J connectivity index is -0.00000000333. The lowest BCUT2D eigenvalue weighted by Crippen LogP contribution is -1.24. The average molecular weight is 362 g/mol. The molecule has 0 aromatic heterocycles. The molecular weight excluding hydrogens is 354 g/mol. The van der Waals surface area contributed by atoms with Crippen LogP contribution in [0.4, 0.5) is 0 Å². The fraction of sp³-hybridized carbons (Fsp3) is 1.00. The summed E-state index contributed by atoms with van der Waals surface area (Å²) in [6.07, 6.45) is 0. The van der Waals surface area contributed by atoms with Crippen LogP contribution < -0.4 is 0 Å². The molecule has 0 saturated heterocycles. The van der Waals surface area contributed by atoms with Gasteiger partial charge < -0.3 is 0 Å². The topological polar surface area (TPSA) is 0 Å². The lowest BCUT2D eigenvalue weighted by molar-refractivity contribution is 2.20. The molecule has 0 aliphatic carbocycles. The fourth-order valence-electron chi connectivity index (χ4n) is 0. The molecule has 0 aliphatic rings. The van der Waals surface area contributed by atoms with Crippen LogP contribution in [-0.2, 0) is 0 Å². The summed E-state index contributed by atoms with van der Waals surface area (Å²) >= 11 is 9.53. The van der Waals surface area contributed by atoms with Gasteiger partial charge in [-0.2, -0.15) is 9.90 Å². The van der Waals surface area contributed by atoms with Crippen molar-refractivity contribution in [2.45, 2.75) is 0 Å². The summed E-state index contributed by atoms with van der Waals surface area (Å²) in [6.45, 7) is 0. The van der Waals surface area contributed by atoms with Crippen LogP contribution >= 0.6 is 84.0 Å². The van der Waals surface area contributed by atoms with Crippen LogP contribution in [0.1, 0.15) is 0 Å². The van der Waals surface area contributed by atoms with E-state index in [2.05, 4.69) is 0 Å². The third-order valence-electron chi connectivity index (χ3n) is 0. The molecule has 0 bridgehead atoms. The van der Waals surface area contributed by atoms with Crippen molar-refractivity contribution in [3.63, 3.8) is 0 Å². The van der Waals surface area contributed by atoms with E-state index in [4.69, 9.17) is 23.2 Å². The molecule has 7 heavy (non-hydrogen) atoms. The molecule has 52 valence electrons. The van der Waals surface area contributed by atoms with Gasteiger partial charge >= 0.3 is 0 Å². The average Bonchev–Trinajstić information content (AvgIpc) is 0.918. The Kier molecular flexibility index (Phi) is 192. The first-order valence-electron chi connectivity index (χ1n) is 0.535. The lowest BCUT2D eigenvalue weighted by atomic mass is 11.9. The number of halogens is 5. The van der Waals surface area contributed by atoms with Gasteiger partial charge in [-0.3, -0.25) is 0 Å². The molecule has 0 nitrogen and oxygen atoms in total. The van der Waals surface area contributed by atoms with E-state index in [9.17, 15) is 0 Å². The third-order valence-corrected chi connectivity index (χ3v) is 0. The van der Waals surface area contributed by atoms with Crippen molar-refractivity contribution < 1.29 is 0 Å². The first kappa shape index (κ1) is 34.1. The first-order chi connectivity index (χ1) is 1.41. The highest BCUT2D eigenvalue weighted by Gasteiger charge is 1.41. The van der Waals surface area contributed by atoms with Crippen molar-refractivity contribution in [2.24, 2.45) is 0 Å². The molecule has 0 aromatic carbocycles. The smallest absolute Gasteiger partial charge is 0.0967 e. The van der Waals surface area contributed by atoms with Crippen molar-refractivity contribution in [2.75, 3.05) is 5.34 Å². The minimum absolute atomic E-state index is 0. The second kappa shape index (κ2) is 39.4. The summed E-state index contributed by atoms with van der Waals surface area (Å²) in [7, 11) is 0. The van der Waals surface area contributed by atoms with Gasteiger partial charge in [0.1, 0.15) is 0 Å². The van der Waals surface area contributed by atoms with E-state index < -0.39 is 0 Å². The Morgan fingerprint density at radius 2 is 0.857 bits per heavy atom. The van der Waals surface area contributed by atoms with Gasteiger partial charge in [0.2, 0.25) is 0 Å².